The van der Waals surface area contributed by atoms with Crippen LogP contribution in [0.3, 0.4) is 0 Å². The normalized spacial score (nSPS) is 12.5. The van der Waals surface area contributed by atoms with Crippen molar-refractivity contribution in [1.29, 1.82) is 0 Å². The fourth-order valence-electron chi connectivity index (χ4n) is 3.02. The standard InChI is InChI=1S/C23H37N3O4/c1-9-17-10-12-18(13-11-17)20(21(28)25-15(2)3)26(16(4)5)19(27)14-24-22(29)30-23(6,7)8/h10-13,15-16,20H,9,14H2,1-8H3,(H,24,29)(H,25,28). The minimum atomic E-state index is -0.800. The molecule has 0 aliphatic heterocycles. The summed E-state index contributed by atoms with van der Waals surface area (Å²) in [5.74, 6) is -0.618. The highest BCUT2D eigenvalue weighted by molar-refractivity contribution is 5.90. The van der Waals surface area contributed by atoms with E-state index in [1.165, 1.54) is 4.90 Å². The van der Waals surface area contributed by atoms with Gasteiger partial charge in [-0.2, -0.15) is 0 Å². The van der Waals surface area contributed by atoms with Crippen LogP contribution in [0.1, 0.15) is 72.6 Å². The maximum Gasteiger partial charge on any atom is 0.408 e. The van der Waals surface area contributed by atoms with Crippen LogP contribution in [0.4, 0.5) is 4.79 Å². The Morgan fingerprint density at radius 3 is 2.03 bits per heavy atom. The average molecular weight is 420 g/mol. The van der Waals surface area contributed by atoms with Crippen molar-refractivity contribution in [3.05, 3.63) is 35.4 Å². The van der Waals surface area contributed by atoms with E-state index in [2.05, 4.69) is 17.6 Å². The SMILES string of the molecule is CCc1ccc(C(C(=O)NC(C)C)N(C(=O)CNC(=O)OC(C)(C)C)C(C)C)cc1. The van der Waals surface area contributed by atoms with E-state index in [1.54, 1.807) is 20.8 Å². The molecule has 1 atom stereocenters. The Bertz CT molecular complexity index is 721. The topological polar surface area (TPSA) is 87.7 Å². The van der Waals surface area contributed by atoms with Gasteiger partial charge in [-0.3, -0.25) is 9.59 Å². The molecule has 1 aromatic carbocycles. The first-order chi connectivity index (χ1) is 13.9. The second-order valence-corrected chi connectivity index (χ2v) is 8.91. The molecule has 7 heteroatoms. The van der Waals surface area contributed by atoms with Gasteiger partial charge in [0.05, 0.1) is 0 Å². The third-order valence-electron chi connectivity index (χ3n) is 4.29. The lowest BCUT2D eigenvalue weighted by Gasteiger charge is -2.35. The molecule has 0 saturated carbocycles. The number of nitrogens with one attached hydrogen (secondary N) is 2. The summed E-state index contributed by atoms with van der Waals surface area (Å²) in [7, 11) is 0. The molecule has 0 radical (unpaired) electrons. The highest BCUT2D eigenvalue weighted by atomic mass is 16.6. The fourth-order valence-corrected chi connectivity index (χ4v) is 3.02. The van der Waals surface area contributed by atoms with Crippen LogP contribution < -0.4 is 10.6 Å². The second-order valence-electron chi connectivity index (χ2n) is 8.91. The van der Waals surface area contributed by atoms with Crippen LogP contribution in [-0.2, 0) is 20.7 Å². The van der Waals surface area contributed by atoms with E-state index < -0.39 is 17.7 Å². The number of carbonyl (C=O) groups excluding carboxylic acids is 3. The van der Waals surface area contributed by atoms with Crippen molar-refractivity contribution in [2.24, 2.45) is 0 Å². The zero-order chi connectivity index (χ0) is 23.1. The van der Waals surface area contributed by atoms with E-state index in [0.29, 0.717) is 0 Å². The molecular weight excluding hydrogens is 382 g/mol. The maximum atomic E-state index is 13.1. The summed E-state index contributed by atoms with van der Waals surface area (Å²) in [5, 5.41) is 5.41. The van der Waals surface area contributed by atoms with Gasteiger partial charge in [0.25, 0.3) is 0 Å². The van der Waals surface area contributed by atoms with Crippen LogP contribution in [0.15, 0.2) is 24.3 Å². The molecule has 0 aliphatic rings. The number of aryl methyl sites for hydroxylation is 1. The molecule has 0 aliphatic carbocycles. The molecule has 0 saturated heterocycles. The first-order valence-electron chi connectivity index (χ1n) is 10.5. The number of hydrogen-bond acceptors (Lipinski definition) is 4. The smallest absolute Gasteiger partial charge is 0.408 e. The zero-order valence-electron chi connectivity index (χ0n) is 19.5. The molecular formula is C23H37N3O4. The van der Waals surface area contributed by atoms with Crippen LogP contribution in [0, 0.1) is 0 Å². The summed E-state index contributed by atoms with van der Waals surface area (Å²) in [4.78, 5) is 39.6. The van der Waals surface area contributed by atoms with Crippen molar-refractivity contribution < 1.29 is 19.1 Å². The molecule has 0 fully saturated rings. The largest absolute Gasteiger partial charge is 0.444 e. The Morgan fingerprint density at radius 1 is 1.03 bits per heavy atom. The number of nitrogens with zero attached hydrogens (tertiary/aromatic N) is 1. The van der Waals surface area contributed by atoms with Crippen LogP contribution in [-0.4, -0.2) is 47.0 Å². The van der Waals surface area contributed by atoms with Crippen molar-refractivity contribution in [2.75, 3.05) is 6.54 Å². The average Bonchev–Trinajstić information content (AvgIpc) is 2.61. The summed E-state index contributed by atoms with van der Waals surface area (Å²) in [6.45, 7) is 14.5. The molecule has 30 heavy (non-hydrogen) atoms. The minimum Gasteiger partial charge on any atom is -0.444 e. The number of alkyl carbamates (subject to hydrolysis) is 1. The third-order valence-corrected chi connectivity index (χ3v) is 4.29. The van der Waals surface area contributed by atoms with Gasteiger partial charge < -0.3 is 20.3 Å². The van der Waals surface area contributed by atoms with Crippen molar-refractivity contribution in [1.82, 2.24) is 15.5 Å². The van der Waals surface area contributed by atoms with Crippen LogP contribution >= 0.6 is 0 Å². The van der Waals surface area contributed by atoms with Gasteiger partial charge in [0.2, 0.25) is 11.8 Å². The van der Waals surface area contributed by atoms with E-state index >= 15 is 0 Å². The molecule has 168 valence electrons. The molecule has 0 spiro atoms. The van der Waals surface area contributed by atoms with Gasteiger partial charge in [0.15, 0.2) is 0 Å². The highest BCUT2D eigenvalue weighted by Gasteiger charge is 2.33. The summed E-state index contributed by atoms with van der Waals surface area (Å²) in [5.41, 5.74) is 1.21. The predicted octanol–water partition coefficient (Wildman–Crippen LogP) is 3.58. The molecule has 0 heterocycles. The zero-order valence-corrected chi connectivity index (χ0v) is 19.5. The van der Waals surface area contributed by atoms with Gasteiger partial charge in [-0.1, -0.05) is 31.2 Å². The molecule has 0 aromatic heterocycles. The van der Waals surface area contributed by atoms with Crippen molar-refractivity contribution in [2.45, 2.75) is 85.5 Å². The minimum absolute atomic E-state index is 0.0704. The lowest BCUT2D eigenvalue weighted by Crippen LogP contribution is -2.51. The van der Waals surface area contributed by atoms with Crippen molar-refractivity contribution >= 4 is 17.9 Å². The van der Waals surface area contributed by atoms with E-state index in [0.717, 1.165) is 17.5 Å². The highest BCUT2D eigenvalue weighted by Crippen LogP contribution is 2.25. The number of ether oxygens (including phenoxy) is 1. The van der Waals surface area contributed by atoms with Gasteiger partial charge in [0.1, 0.15) is 18.2 Å². The Labute approximate surface area is 180 Å². The number of hydrogen-bond donors (Lipinski definition) is 2. The van der Waals surface area contributed by atoms with Gasteiger partial charge >= 0.3 is 6.09 Å². The number of carbonyl (C=O) groups is 3. The quantitative estimate of drug-likeness (QED) is 0.674. The van der Waals surface area contributed by atoms with Crippen LogP contribution in [0.25, 0.3) is 0 Å². The molecule has 3 amide bonds. The van der Waals surface area contributed by atoms with Crippen molar-refractivity contribution in [3.8, 4) is 0 Å². The van der Waals surface area contributed by atoms with E-state index in [4.69, 9.17) is 4.74 Å². The predicted molar refractivity (Wildman–Crippen MR) is 118 cm³/mol. The van der Waals surface area contributed by atoms with Gasteiger partial charge in [0, 0.05) is 12.1 Å². The molecule has 1 unspecified atom stereocenters. The Morgan fingerprint density at radius 2 is 1.60 bits per heavy atom. The van der Waals surface area contributed by atoms with Gasteiger partial charge in [-0.15, -0.1) is 0 Å². The van der Waals surface area contributed by atoms with Gasteiger partial charge in [-0.25, -0.2) is 4.79 Å². The molecule has 2 N–H and O–H groups in total. The molecule has 1 aromatic rings. The monoisotopic (exact) mass is 419 g/mol. The van der Waals surface area contributed by atoms with E-state index in [-0.39, 0.29) is 30.4 Å². The summed E-state index contributed by atoms with van der Waals surface area (Å²) >= 11 is 0. The number of amides is 3. The Balaban J connectivity index is 3.15. The Kier molecular flexibility index (Phi) is 9.33. The molecule has 7 nitrogen and oxygen atoms in total. The molecule has 1 rings (SSSR count). The van der Waals surface area contributed by atoms with Crippen molar-refractivity contribution in [3.63, 3.8) is 0 Å². The first kappa shape index (κ1) is 25.5. The summed E-state index contributed by atoms with van der Waals surface area (Å²) < 4.78 is 5.20. The lowest BCUT2D eigenvalue weighted by atomic mass is 10.00. The molecule has 0 bridgehead atoms. The van der Waals surface area contributed by atoms with E-state index in [1.807, 2.05) is 52.0 Å². The first-order valence-corrected chi connectivity index (χ1v) is 10.5. The summed E-state index contributed by atoms with van der Waals surface area (Å²) in [6, 6.07) is 6.57. The third kappa shape index (κ3) is 8.05. The Hall–Kier alpha value is -2.57. The fraction of sp³-hybridized carbons (Fsp3) is 0.609. The summed E-state index contributed by atoms with van der Waals surface area (Å²) in [6.07, 6.45) is 0.213. The number of rotatable bonds is 8. The van der Waals surface area contributed by atoms with E-state index in [9.17, 15) is 14.4 Å². The van der Waals surface area contributed by atoms with Crippen LogP contribution in [0.2, 0.25) is 0 Å². The van der Waals surface area contributed by atoms with Crippen LogP contribution in [0.5, 0.6) is 0 Å². The lowest BCUT2D eigenvalue weighted by molar-refractivity contribution is -0.142. The second kappa shape index (κ2) is 11.0. The maximum absolute atomic E-state index is 13.1. The van der Waals surface area contributed by atoms with Gasteiger partial charge in [-0.05, 0) is 66.0 Å². The number of benzene rings is 1.